The van der Waals surface area contributed by atoms with Crippen LogP contribution in [0.25, 0.3) is 0 Å². The van der Waals surface area contributed by atoms with Crippen LogP contribution in [0.1, 0.15) is 28.8 Å². The van der Waals surface area contributed by atoms with E-state index in [1.165, 1.54) is 4.90 Å². The summed E-state index contributed by atoms with van der Waals surface area (Å²) in [7, 11) is 0. The molecule has 3 rings (SSSR count). The average molecular weight is 277 g/mol. The molecule has 5 N–H and O–H groups in total. The van der Waals surface area contributed by atoms with Crippen molar-refractivity contribution in [2.75, 3.05) is 5.73 Å². The maximum Gasteiger partial charge on any atom is 0.255 e. The Kier molecular flexibility index (Phi) is 3.46. The van der Waals surface area contributed by atoms with Gasteiger partial charge in [0, 0.05) is 29.8 Å². The van der Waals surface area contributed by atoms with Crippen molar-refractivity contribution in [2.45, 2.75) is 25.4 Å². The number of nitrogen functional groups attached to an aromatic ring is 1. The average Bonchev–Trinajstić information content (AvgIpc) is 2.69. The van der Waals surface area contributed by atoms with Gasteiger partial charge in [-0.05, 0) is 18.6 Å². The molecular formula is C13H15N3O4. The lowest BCUT2D eigenvalue weighted by Gasteiger charge is -2.29. The van der Waals surface area contributed by atoms with Gasteiger partial charge in [-0.2, -0.15) is 0 Å². The van der Waals surface area contributed by atoms with Gasteiger partial charge in [-0.25, -0.2) is 0 Å². The van der Waals surface area contributed by atoms with Crippen LogP contribution in [0.15, 0.2) is 18.2 Å². The Labute approximate surface area is 115 Å². The Morgan fingerprint density at radius 3 is 2.65 bits per heavy atom. The number of hydrogen-bond donors (Lipinski definition) is 2. The van der Waals surface area contributed by atoms with E-state index in [2.05, 4.69) is 5.32 Å². The summed E-state index contributed by atoms with van der Waals surface area (Å²) in [6.45, 7) is 0.327. The number of carbonyl (C=O) groups is 3. The van der Waals surface area contributed by atoms with Gasteiger partial charge in [0.1, 0.15) is 6.04 Å². The highest BCUT2D eigenvalue weighted by atomic mass is 16.2. The van der Waals surface area contributed by atoms with Crippen LogP contribution in [0.5, 0.6) is 0 Å². The number of piperidine rings is 1. The molecule has 0 spiro atoms. The van der Waals surface area contributed by atoms with Crippen LogP contribution in [0.2, 0.25) is 0 Å². The quantitative estimate of drug-likeness (QED) is 0.515. The number of nitrogens with one attached hydrogen (secondary N) is 1. The van der Waals surface area contributed by atoms with E-state index in [0.29, 0.717) is 24.2 Å². The normalized spacial score (nSPS) is 21.3. The monoisotopic (exact) mass is 277 g/mol. The summed E-state index contributed by atoms with van der Waals surface area (Å²) in [6.07, 6.45) is 0.621. The van der Waals surface area contributed by atoms with Crippen LogP contribution in [0, 0.1) is 0 Å². The van der Waals surface area contributed by atoms with Crippen molar-refractivity contribution in [3.8, 4) is 0 Å². The number of fused-ring (bicyclic) bond motifs is 1. The van der Waals surface area contributed by atoms with Crippen molar-refractivity contribution in [2.24, 2.45) is 0 Å². The lowest BCUT2D eigenvalue weighted by atomic mass is 10.0. The second-order valence-electron chi connectivity index (χ2n) is 4.77. The van der Waals surface area contributed by atoms with Gasteiger partial charge in [0.05, 0.1) is 0 Å². The molecule has 0 saturated carbocycles. The van der Waals surface area contributed by atoms with Crippen LogP contribution in [0.4, 0.5) is 5.69 Å². The van der Waals surface area contributed by atoms with E-state index >= 15 is 0 Å². The summed E-state index contributed by atoms with van der Waals surface area (Å²) in [6, 6.07) is 4.58. The largest absolute Gasteiger partial charge is 0.412 e. The summed E-state index contributed by atoms with van der Waals surface area (Å²) in [5.74, 6) is -0.891. The molecule has 1 atom stereocenters. The summed E-state index contributed by atoms with van der Waals surface area (Å²) in [5.41, 5.74) is 7.71. The minimum absolute atomic E-state index is 0. The van der Waals surface area contributed by atoms with E-state index in [4.69, 9.17) is 5.73 Å². The molecule has 1 unspecified atom stereocenters. The van der Waals surface area contributed by atoms with Crippen LogP contribution < -0.4 is 11.1 Å². The predicted molar refractivity (Wildman–Crippen MR) is 70.5 cm³/mol. The molecule has 1 aromatic rings. The van der Waals surface area contributed by atoms with Crippen molar-refractivity contribution in [1.82, 2.24) is 10.2 Å². The number of hydrogen-bond acceptors (Lipinski definition) is 4. The SMILES string of the molecule is Nc1cccc2c1CN(C1CCC(=O)NC1=O)C2=O.O. The zero-order valence-electron chi connectivity index (χ0n) is 10.7. The molecule has 7 heteroatoms. The number of imide groups is 1. The van der Waals surface area contributed by atoms with Crippen LogP contribution in [-0.2, 0) is 16.1 Å². The van der Waals surface area contributed by atoms with Crippen LogP contribution >= 0.6 is 0 Å². The third kappa shape index (κ3) is 2.01. The molecule has 1 saturated heterocycles. The van der Waals surface area contributed by atoms with Gasteiger partial charge in [0.25, 0.3) is 5.91 Å². The molecule has 2 aliphatic heterocycles. The molecule has 2 aliphatic rings. The first-order chi connectivity index (χ1) is 9.08. The van der Waals surface area contributed by atoms with E-state index in [0.717, 1.165) is 5.56 Å². The first kappa shape index (κ1) is 14.0. The lowest BCUT2D eigenvalue weighted by molar-refractivity contribution is -0.136. The molecule has 1 fully saturated rings. The van der Waals surface area contributed by atoms with Crippen molar-refractivity contribution >= 4 is 23.4 Å². The van der Waals surface area contributed by atoms with Gasteiger partial charge in [-0.3, -0.25) is 19.7 Å². The molecule has 1 aromatic carbocycles. The Hall–Kier alpha value is -2.41. The topological polar surface area (TPSA) is 124 Å². The lowest BCUT2D eigenvalue weighted by Crippen LogP contribution is -2.52. The smallest absolute Gasteiger partial charge is 0.255 e. The number of nitrogens with two attached hydrogens (primary N) is 1. The van der Waals surface area contributed by atoms with Gasteiger partial charge in [0.15, 0.2) is 0 Å². The first-order valence-electron chi connectivity index (χ1n) is 6.10. The summed E-state index contributed by atoms with van der Waals surface area (Å²) in [4.78, 5) is 36.7. The molecule has 0 aliphatic carbocycles. The highest BCUT2D eigenvalue weighted by Gasteiger charge is 2.39. The van der Waals surface area contributed by atoms with Crippen LogP contribution in [-0.4, -0.2) is 34.1 Å². The number of anilines is 1. The minimum Gasteiger partial charge on any atom is -0.412 e. The molecular weight excluding hydrogens is 262 g/mol. The zero-order chi connectivity index (χ0) is 13.6. The molecule has 3 amide bonds. The third-order valence-corrected chi connectivity index (χ3v) is 3.62. The Morgan fingerprint density at radius 2 is 2.00 bits per heavy atom. The molecule has 0 radical (unpaired) electrons. The highest BCUT2D eigenvalue weighted by molar-refractivity contribution is 6.06. The number of amides is 3. The molecule has 106 valence electrons. The van der Waals surface area contributed by atoms with Crippen molar-refractivity contribution < 1.29 is 19.9 Å². The van der Waals surface area contributed by atoms with Crippen molar-refractivity contribution in [1.29, 1.82) is 0 Å². The molecule has 2 heterocycles. The Bertz CT molecular complexity index is 599. The predicted octanol–water partition coefficient (Wildman–Crippen LogP) is -0.795. The van der Waals surface area contributed by atoms with Gasteiger partial charge < -0.3 is 16.1 Å². The summed E-state index contributed by atoms with van der Waals surface area (Å²) >= 11 is 0. The Balaban J connectivity index is 0.00000147. The maximum absolute atomic E-state index is 12.3. The van der Waals surface area contributed by atoms with E-state index < -0.39 is 11.9 Å². The van der Waals surface area contributed by atoms with E-state index in [1.807, 2.05) is 0 Å². The highest BCUT2D eigenvalue weighted by Crippen LogP contribution is 2.30. The molecule has 0 aromatic heterocycles. The fraction of sp³-hybridized carbons (Fsp3) is 0.308. The number of nitrogens with zero attached hydrogens (tertiary/aromatic N) is 1. The maximum atomic E-state index is 12.3. The molecule has 20 heavy (non-hydrogen) atoms. The van der Waals surface area contributed by atoms with Crippen molar-refractivity contribution in [3.63, 3.8) is 0 Å². The van der Waals surface area contributed by atoms with Crippen LogP contribution in [0.3, 0.4) is 0 Å². The van der Waals surface area contributed by atoms with E-state index in [9.17, 15) is 14.4 Å². The third-order valence-electron chi connectivity index (χ3n) is 3.62. The van der Waals surface area contributed by atoms with E-state index in [-0.39, 0.29) is 23.7 Å². The summed E-state index contributed by atoms with van der Waals surface area (Å²) < 4.78 is 0. The van der Waals surface area contributed by atoms with Gasteiger partial charge in [-0.1, -0.05) is 6.07 Å². The second kappa shape index (κ2) is 4.93. The fourth-order valence-electron chi connectivity index (χ4n) is 2.61. The van der Waals surface area contributed by atoms with Gasteiger partial charge in [-0.15, -0.1) is 0 Å². The van der Waals surface area contributed by atoms with Gasteiger partial charge in [0.2, 0.25) is 11.8 Å². The standard InChI is InChI=1S/C13H13N3O3.H2O/c14-9-3-1-2-7-8(9)6-16(13(7)19)10-4-5-11(17)15-12(10)18;/h1-3,10H,4-6,14H2,(H,15,17,18);1H2. The fourth-order valence-corrected chi connectivity index (χ4v) is 2.61. The Morgan fingerprint density at radius 1 is 1.25 bits per heavy atom. The zero-order valence-corrected chi connectivity index (χ0v) is 10.7. The number of benzene rings is 1. The summed E-state index contributed by atoms with van der Waals surface area (Å²) in [5, 5.41) is 2.27. The first-order valence-corrected chi connectivity index (χ1v) is 6.10. The molecule has 0 bridgehead atoms. The van der Waals surface area contributed by atoms with Crippen molar-refractivity contribution in [3.05, 3.63) is 29.3 Å². The van der Waals surface area contributed by atoms with Gasteiger partial charge >= 0.3 is 0 Å². The number of rotatable bonds is 1. The second-order valence-corrected chi connectivity index (χ2v) is 4.77. The van der Waals surface area contributed by atoms with E-state index in [1.54, 1.807) is 18.2 Å². The molecule has 7 nitrogen and oxygen atoms in total. The minimum atomic E-state index is -0.586. The number of carbonyl (C=O) groups excluding carboxylic acids is 3.